The molecule has 1 radical (unpaired) electrons. The highest BCUT2D eigenvalue weighted by atomic mass is 32.3. The molecule has 0 aromatic heterocycles. The van der Waals surface area contributed by atoms with Gasteiger partial charge < -0.3 is 0 Å². The molecule has 0 saturated heterocycles. The summed E-state index contributed by atoms with van der Waals surface area (Å²) >= 11 is 4.52. The molecule has 0 bridgehead atoms. The molecule has 49 valence electrons. The molecule has 0 atom stereocenters. The maximum atomic E-state index is 4.52. The van der Waals surface area contributed by atoms with Crippen LogP contribution in [0, 0.1) is 0 Å². The van der Waals surface area contributed by atoms with Gasteiger partial charge in [-0.15, -0.1) is 0 Å². The Kier molecular flexibility index (Phi) is 3.82. The standard InChI is InChI=1S/C6H15SSi/c1-5(2)8(7)6(3)4/h5-7H,1-4H3. The Balaban J connectivity index is 3.46. The maximum Gasteiger partial charge on any atom is 0.122 e. The molecule has 8 heavy (non-hydrogen) atoms. The second-order valence-electron chi connectivity index (χ2n) is 2.73. The highest BCUT2D eigenvalue weighted by Gasteiger charge is 2.14. The van der Waals surface area contributed by atoms with Gasteiger partial charge in [-0.25, -0.2) is 12.1 Å². The van der Waals surface area contributed by atoms with Gasteiger partial charge in [-0.2, -0.15) is 0 Å². The number of rotatable bonds is 2. The SMILES string of the molecule is CC(C)[Si](S)C(C)C. The van der Waals surface area contributed by atoms with Crippen LogP contribution < -0.4 is 0 Å². The summed E-state index contributed by atoms with van der Waals surface area (Å²) in [6.07, 6.45) is 0. The normalized spacial score (nSPS) is 12.0. The van der Waals surface area contributed by atoms with Gasteiger partial charge in [0.1, 0.15) is 7.95 Å². The van der Waals surface area contributed by atoms with Crippen LogP contribution in [-0.4, -0.2) is 7.95 Å². The minimum atomic E-state index is -0.329. The minimum Gasteiger partial charge on any atom is -0.203 e. The first kappa shape index (κ1) is 8.57. The van der Waals surface area contributed by atoms with Crippen molar-refractivity contribution in [3.63, 3.8) is 0 Å². The molecule has 0 saturated carbocycles. The maximum absolute atomic E-state index is 4.52. The Morgan fingerprint density at radius 1 is 1.00 bits per heavy atom. The van der Waals surface area contributed by atoms with E-state index in [1.54, 1.807) is 0 Å². The zero-order chi connectivity index (χ0) is 6.73. The summed E-state index contributed by atoms with van der Waals surface area (Å²) in [4.78, 5) is 0. The molecule has 0 spiro atoms. The van der Waals surface area contributed by atoms with Gasteiger partial charge in [-0.05, 0) is 11.1 Å². The predicted molar refractivity (Wildman–Crippen MR) is 44.9 cm³/mol. The molecule has 0 unspecified atom stereocenters. The Bertz CT molecular complexity index is 53.5. The van der Waals surface area contributed by atoms with Crippen LogP contribution in [0.4, 0.5) is 0 Å². The molecule has 0 aromatic rings. The third kappa shape index (κ3) is 2.77. The molecule has 0 rings (SSSR count). The average Bonchev–Trinajstić information content (AvgIpc) is 1.64. The number of thiol groups is 1. The van der Waals surface area contributed by atoms with Gasteiger partial charge in [0.15, 0.2) is 0 Å². The van der Waals surface area contributed by atoms with E-state index < -0.39 is 0 Å². The van der Waals surface area contributed by atoms with Crippen LogP contribution in [0.2, 0.25) is 11.1 Å². The second-order valence-corrected chi connectivity index (χ2v) is 7.44. The Labute approximate surface area is 59.3 Å². The molecule has 2 heteroatoms. The smallest absolute Gasteiger partial charge is 0.122 e. The first-order valence-electron chi connectivity index (χ1n) is 3.11. The van der Waals surface area contributed by atoms with Gasteiger partial charge in [-0.1, -0.05) is 27.7 Å². The molecule has 0 aliphatic heterocycles. The van der Waals surface area contributed by atoms with Crippen LogP contribution in [0.1, 0.15) is 27.7 Å². The lowest BCUT2D eigenvalue weighted by molar-refractivity contribution is 0.964. The summed E-state index contributed by atoms with van der Waals surface area (Å²) in [7, 11) is -0.329. The molecule has 0 N–H and O–H groups in total. The first-order chi connectivity index (χ1) is 3.55. The van der Waals surface area contributed by atoms with E-state index in [0.29, 0.717) is 0 Å². The third-order valence-electron chi connectivity index (χ3n) is 1.18. The first-order valence-corrected chi connectivity index (χ1v) is 6.05. The molecule has 0 aliphatic carbocycles. The van der Waals surface area contributed by atoms with E-state index in [1.807, 2.05) is 0 Å². The van der Waals surface area contributed by atoms with Crippen molar-refractivity contribution in [3.05, 3.63) is 0 Å². The summed E-state index contributed by atoms with van der Waals surface area (Å²) in [5.74, 6) is 0. The van der Waals surface area contributed by atoms with Crippen molar-refractivity contribution in [3.8, 4) is 0 Å². The number of hydrogen-bond acceptors (Lipinski definition) is 1. The van der Waals surface area contributed by atoms with E-state index >= 15 is 0 Å². The van der Waals surface area contributed by atoms with E-state index in [1.165, 1.54) is 0 Å². The Hall–Kier alpha value is 0.567. The van der Waals surface area contributed by atoms with Crippen molar-refractivity contribution < 1.29 is 0 Å². The van der Waals surface area contributed by atoms with Gasteiger partial charge in [0.2, 0.25) is 0 Å². The minimum absolute atomic E-state index is 0.329. The van der Waals surface area contributed by atoms with Gasteiger partial charge in [-0.3, -0.25) is 0 Å². The summed E-state index contributed by atoms with van der Waals surface area (Å²) in [6, 6.07) is 0. The largest absolute Gasteiger partial charge is 0.203 e. The van der Waals surface area contributed by atoms with Crippen molar-refractivity contribution in [1.29, 1.82) is 0 Å². The monoisotopic (exact) mass is 147 g/mol. The topological polar surface area (TPSA) is 0 Å². The highest BCUT2D eigenvalue weighted by Crippen LogP contribution is 2.21. The highest BCUT2D eigenvalue weighted by molar-refractivity contribution is 8.10. The lowest BCUT2D eigenvalue weighted by Crippen LogP contribution is -2.12. The molecule has 0 fully saturated rings. The fourth-order valence-corrected chi connectivity index (χ4v) is 2.00. The van der Waals surface area contributed by atoms with E-state index in [-0.39, 0.29) is 7.95 Å². The van der Waals surface area contributed by atoms with Gasteiger partial charge in [0.05, 0.1) is 0 Å². The van der Waals surface area contributed by atoms with Crippen LogP contribution in [0.15, 0.2) is 0 Å². The van der Waals surface area contributed by atoms with Gasteiger partial charge in [0, 0.05) is 0 Å². The fraction of sp³-hybridized carbons (Fsp3) is 1.00. The average molecular weight is 147 g/mol. The fourth-order valence-electron chi connectivity index (χ4n) is 0.667. The summed E-state index contributed by atoms with van der Waals surface area (Å²) in [5.41, 5.74) is 1.62. The van der Waals surface area contributed by atoms with Crippen LogP contribution in [0.3, 0.4) is 0 Å². The third-order valence-corrected chi connectivity index (χ3v) is 6.65. The van der Waals surface area contributed by atoms with Gasteiger partial charge in [0.25, 0.3) is 0 Å². The lowest BCUT2D eigenvalue weighted by Gasteiger charge is -2.14. The van der Waals surface area contributed by atoms with E-state index in [0.717, 1.165) is 11.1 Å². The second kappa shape index (κ2) is 3.57. The molecule has 0 aliphatic rings. The van der Waals surface area contributed by atoms with Crippen LogP contribution in [-0.2, 0) is 0 Å². The van der Waals surface area contributed by atoms with Crippen molar-refractivity contribution >= 4 is 20.0 Å². The Morgan fingerprint density at radius 2 is 1.25 bits per heavy atom. The molecule has 0 heterocycles. The summed E-state index contributed by atoms with van der Waals surface area (Å²) in [5, 5.41) is 0. The van der Waals surface area contributed by atoms with Crippen LogP contribution in [0.25, 0.3) is 0 Å². The zero-order valence-corrected chi connectivity index (χ0v) is 8.00. The molecule has 0 nitrogen and oxygen atoms in total. The van der Waals surface area contributed by atoms with E-state index in [2.05, 4.69) is 39.8 Å². The summed E-state index contributed by atoms with van der Waals surface area (Å²) < 4.78 is 0. The molecule has 0 aromatic carbocycles. The quantitative estimate of drug-likeness (QED) is 0.450. The van der Waals surface area contributed by atoms with Crippen LogP contribution in [0.5, 0.6) is 0 Å². The van der Waals surface area contributed by atoms with Gasteiger partial charge >= 0.3 is 0 Å². The van der Waals surface area contributed by atoms with Crippen LogP contribution >= 0.6 is 12.1 Å². The van der Waals surface area contributed by atoms with E-state index in [4.69, 9.17) is 0 Å². The molecular formula is C6H15SSi. The van der Waals surface area contributed by atoms with Crippen molar-refractivity contribution in [1.82, 2.24) is 0 Å². The van der Waals surface area contributed by atoms with Crippen molar-refractivity contribution in [2.45, 2.75) is 38.8 Å². The summed E-state index contributed by atoms with van der Waals surface area (Å²) in [6.45, 7) is 9.01. The molecule has 0 amide bonds. The van der Waals surface area contributed by atoms with E-state index in [9.17, 15) is 0 Å². The molecular weight excluding hydrogens is 132 g/mol. The number of hydrogen-bond donors (Lipinski definition) is 1. The van der Waals surface area contributed by atoms with Crippen molar-refractivity contribution in [2.75, 3.05) is 0 Å². The zero-order valence-electron chi connectivity index (χ0n) is 6.10. The Morgan fingerprint density at radius 3 is 1.25 bits per heavy atom. The predicted octanol–water partition coefficient (Wildman–Crippen LogP) is 2.73. The van der Waals surface area contributed by atoms with Crippen molar-refractivity contribution in [2.24, 2.45) is 0 Å². The lowest BCUT2D eigenvalue weighted by atomic mass is 10.5.